The van der Waals surface area contributed by atoms with E-state index in [0.717, 1.165) is 25.0 Å². The molecule has 1 fully saturated rings. The van der Waals surface area contributed by atoms with Gasteiger partial charge in [0, 0.05) is 18.9 Å². The van der Waals surface area contributed by atoms with Crippen LogP contribution < -0.4 is 10.7 Å². The number of anilines is 2. The summed E-state index contributed by atoms with van der Waals surface area (Å²) in [6.07, 6.45) is 5.44. The van der Waals surface area contributed by atoms with Gasteiger partial charge in [0.05, 0.1) is 29.2 Å². The minimum atomic E-state index is -0.0463. The van der Waals surface area contributed by atoms with E-state index in [4.69, 9.17) is 9.72 Å². The number of benzene rings is 1. The molecule has 1 aliphatic rings. The molecule has 1 saturated heterocycles. The maximum atomic E-state index is 12.3. The highest BCUT2D eigenvalue weighted by Crippen LogP contribution is 2.27. The van der Waals surface area contributed by atoms with Crippen LogP contribution in [0.5, 0.6) is 0 Å². The van der Waals surface area contributed by atoms with Crippen molar-refractivity contribution in [2.75, 3.05) is 18.5 Å². The van der Waals surface area contributed by atoms with Gasteiger partial charge in [0.15, 0.2) is 11.3 Å². The van der Waals surface area contributed by atoms with Gasteiger partial charge in [-0.1, -0.05) is 12.1 Å². The molecule has 1 aromatic carbocycles. The Bertz CT molecular complexity index is 1200. The van der Waals surface area contributed by atoms with E-state index >= 15 is 0 Å². The van der Waals surface area contributed by atoms with Crippen LogP contribution in [0, 0.1) is 0 Å². The zero-order chi connectivity index (χ0) is 19.6. The summed E-state index contributed by atoms with van der Waals surface area (Å²) in [5.41, 5.74) is 2.15. The van der Waals surface area contributed by atoms with Crippen LogP contribution in [0.15, 0.2) is 59.8 Å². The van der Waals surface area contributed by atoms with E-state index in [2.05, 4.69) is 20.5 Å². The maximum absolute atomic E-state index is 12.3. The maximum Gasteiger partial charge on any atom is 0.191 e. The summed E-state index contributed by atoms with van der Waals surface area (Å²) < 4.78 is 7.65. The van der Waals surface area contributed by atoms with Crippen molar-refractivity contribution in [2.24, 2.45) is 0 Å². The third-order valence-corrected chi connectivity index (χ3v) is 5.13. The molecule has 0 aliphatic carbocycles. The van der Waals surface area contributed by atoms with Crippen LogP contribution in [-0.4, -0.2) is 37.9 Å². The first-order valence-electron chi connectivity index (χ1n) is 9.62. The molecule has 8 nitrogen and oxygen atoms in total. The molecular weight excluding hydrogens is 368 g/mol. The Kier molecular flexibility index (Phi) is 4.53. The molecule has 4 heterocycles. The average Bonchev–Trinajstić information content (AvgIpc) is 3.25. The Morgan fingerprint density at radius 3 is 3.00 bits per heavy atom. The topological polar surface area (TPSA) is 97.7 Å². The van der Waals surface area contributed by atoms with E-state index < -0.39 is 0 Å². The average molecular weight is 388 g/mol. The van der Waals surface area contributed by atoms with E-state index in [-0.39, 0.29) is 11.5 Å². The number of ether oxygens (including phenoxy) is 1. The SMILES string of the molecule is O=c1cc[nH]c2cccc(Nc3cccc(-c4nncn4C4CCCOC4)n3)c12. The molecule has 29 heavy (non-hydrogen) atoms. The zero-order valence-corrected chi connectivity index (χ0v) is 15.7. The number of aromatic amines is 1. The molecule has 0 radical (unpaired) electrons. The summed E-state index contributed by atoms with van der Waals surface area (Å²) in [7, 11) is 0. The van der Waals surface area contributed by atoms with E-state index in [1.54, 1.807) is 12.5 Å². The Hall–Kier alpha value is -3.52. The lowest BCUT2D eigenvalue weighted by molar-refractivity contribution is 0.0595. The fourth-order valence-electron chi connectivity index (χ4n) is 3.74. The molecule has 146 valence electrons. The molecule has 2 N–H and O–H groups in total. The summed E-state index contributed by atoms with van der Waals surface area (Å²) >= 11 is 0. The van der Waals surface area contributed by atoms with Crippen LogP contribution in [0.4, 0.5) is 11.5 Å². The van der Waals surface area contributed by atoms with Gasteiger partial charge in [-0.05, 0) is 37.1 Å². The van der Waals surface area contributed by atoms with Crippen molar-refractivity contribution in [3.8, 4) is 11.5 Å². The summed E-state index contributed by atoms with van der Waals surface area (Å²) in [5, 5.41) is 12.3. The molecule has 1 aliphatic heterocycles. The van der Waals surface area contributed by atoms with Crippen LogP contribution in [0.25, 0.3) is 22.4 Å². The van der Waals surface area contributed by atoms with E-state index in [9.17, 15) is 4.79 Å². The van der Waals surface area contributed by atoms with Crippen molar-refractivity contribution < 1.29 is 4.74 Å². The molecule has 8 heteroatoms. The Morgan fingerprint density at radius 1 is 1.17 bits per heavy atom. The summed E-state index contributed by atoms with van der Waals surface area (Å²) in [6.45, 7) is 1.46. The zero-order valence-electron chi connectivity index (χ0n) is 15.7. The first kappa shape index (κ1) is 17.6. The van der Waals surface area contributed by atoms with Crippen LogP contribution in [-0.2, 0) is 4.74 Å². The Morgan fingerprint density at radius 2 is 2.10 bits per heavy atom. The van der Waals surface area contributed by atoms with Gasteiger partial charge in [0.25, 0.3) is 0 Å². The molecule has 5 rings (SSSR count). The van der Waals surface area contributed by atoms with Crippen molar-refractivity contribution >= 4 is 22.4 Å². The number of H-pyrrole nitrogens is 1. The highest BCUT2D eigenvalue weighted by atomic mass is 16.5. The Labute approximate surface area is 166 Å². The molecule has 1 atom stereocenters. The van der Waals surface area contributed by atoms with E-state index in [1.165, 1.54) is 6.07 Å². The first-order valence-corrected chi connectivity index (χ1v) is 9.62. The third-order valence-electron chi connectivity index (χ3n) is 5.13. The van der Waals surface area contributed by atoms with Crippen molar-refractivity contribution in [2.45, 2.75) is 18.9 Å². The van der Waals surface area contributed by atoms with Crippen LogP contribution in [0.3, 0.4) is 0 Å². The molecule has 3 aromatic heterocycles. The van der Waals surface area contributed by atoms with E-state index in [0.29, 0.717) is 35.0 Å². The van der Waals surface area contributed by atoms with Crippen molar-refractivity contribution in [3.63, 3.8) is 0 Å². The summed E-state index contributed by atoms with van der Waals surface area (Å²) in [5.74, 6) is 1.34. The van der Waals surface area contributed by atoms with Gasteiger partial charge in [-0.2, -0.15) is 0 Å². The van der Waals surface area contributed by atoms with Gasteiger partial charge in [-0.3, -0.25) is 4.79 Å². The summed E-state index contributed by atoms with van der Waals surface area (Å²) in [4.78, 5) is 20.2. The molecule has 0 bridgehead atoms. The number of hydrogen-bond acceptors (Lipinski definition) is 6. The monoisotopic (exact) mass is 388 g/mol. The second-order valence-electron chi connectivity index (χ2n) is 7.04. The second-order valence-corrected chi connectivity index (χ2v) is 7.04. The van der Waals surface area contributed by atoms with Gasteiger partial charge in [0.1, 0.15) is 17.8 Å². The number of hydrogen-bond donors (Lipinski definition) is 2. The predicted molar refractivity (Wildman–Crippen MR) is 110 cm³/mol. The van der Waals surface area contributed by atoms with Crippen LogP contribution in [0.2, 0.25) is 0 Å². The highest BCUT2D eigenvalue weighted by Gasteiger charge is 2.20. The van der Waals surface area contributed by atoms with Crippen LogP contribution in [0.1, 0.15) is 18.9 Å². The van der Waals surface area contributed by atoms with Gasteiger partial charge in [0.2, 0.25) is 0 Å². The highest BCUT2D eigenvalue weighted by molar-refractivity contribution is 5.92. The minimum Gasteiger partial charge on any atom is -0.379 e. The number of nitrogens with one attached hydrogen (secondary N) is 2. The normalized spacial score (nSPS) is 16.8. The lowest BCUT2D eigenvalue weighted by atomic mass is 10.1. The van der Waals surface area contributed by atoms with Crippen molar-refractivity contribution in [1.82, 2.24) is 24.7 Å². The van der Waals surface area contributed by atoms with Gasteiger partial charge in [-0.25, -0.2) is 4.98 Å². The minimum absolute atomic E-state index is 0.0463. The molecule has 1 unspecified atom stereocenters. The lowest BCUT2D eigenvalue weighted by Crippen LogP contribution is -2.21. The fraction of sp³-hybridized carbons (Fsp3) is 0.238. The molecule has 0 amide bonds. The van der Waals surface area contributed by atoms with Gasteiger partial charge in [-0.15, -0.1) is 10.2 Å². The third kappa shape index (κ3) is 3.38. The fourth-order valence-corrected chi connectivity index (χ4v) is 3.74. The summed E-state index contributed by atoms with van der Waals surface area (Å²) in [6, 6.07) is 13.1. The molecule has 0 saturated carbocycles. The number of nitrogens with zero attached hydrogens (tertiary/aromatic N) is 4. The lowest BCUT2D eigenvalue weighted by Gasteiger charge is -2.24. The van der Waals surface area contributed by atoms with Gasteiger partial charge >= 0.3 is 0 Å². The molecular formula is C21H20N6O2. The Balaban J connectivity index is 1.49. The first-order chi connectivity index (χ1) is 14.3. The van der Waals surface area contributed by atoms with Gasteiger partial charge < -0.3 is 19.6 Å². The van der Waals surface area contributed by atoms with Crippen molar-refractivity contribution in [3.05, 3.63) is 65.2 Å². The van der Waals surface area contributed by atoms with E-state index in [1.807, 2.05) is 41.0 Å². The number of rotatable bonds is 4. The second kappa shape index (κ2) is 7.48. The number of fused-ring (bicyclic) bond motifs is 1. The standard InChI is InChI=1S/C21H20N6O2/c28-18-9-10-22-15-5-1-6-16(20(15)18)24-19-8-2-7-17(25-19)21-26-23-13-27(21)14-4-3-11-29-12-14/h1-2,5-10,13-14H,3-4,11-12H2,(H,22,28)(H,24,25). The number of aromatic nitrogens is 5. The number of pyridine rings is 2. The van der Waals surface area contributed by atoms with Crippen LogP contribution >= 0.6 is 0 Å². The quantitative estimate of drug-likeness (QED) is 0.557. The molecule has 4 aromatic rings. The predicted octanol–water partition coefficient (Wildman–Crippen LogP) is 3.28. The van der Waals surface area contributed by atoms with Crippen molar-refractivity contribution in [1.29, 1.82) is 0 Å². The molecule has 0 spiro atoms. The largest absolute Gasteiger partial charge is 0.379 e. The smallest absolute Gasteiger partial charge is 0.191 e.